The van der Waals surface area contributed by atoms with Crippen LogP contribution in [-0.4, -0.2) is 97.1 Å². The number of likely N-dealkylation sites (tertiary alicyclic amines) is 1. The molecule has 17 nitrogen and oxygen atoms in total. The zero-order valence-electron chi connectivity index (χ0n) is 43.3. The van der Waals surface area contributed by atoms with Gasteiger partial charge in [0.25, 0.3) is 5.91 Å². The van der Waals surface area contributed by atoms with Crippen LogP contribution in [-0.2, 0) is 25.7 Å². The van der Waals surface area contributed by atoms with Crippen molar-refractivity contribution in [2.45, 2.75) is 143 Å². The van der Waals surface area contributed by atoms with E-state index in [1.54, 1.807) is 29.7 Å². The van der Waals surface area contributed by atoms with Crippen LogP contribution in [0.3, 0.4) is 0 Å². The minimum absolute atomic E-state index is 0.0418. The van der Waals surface area contributed by atoms with Crippen LogP contribution in [0.5, 0.6) is 5.88 Å². The van der Waals surface area contributed by atoms with Crippen LogP contribution in [0.4, 0.5) is 15.6 Å². The SMILES string of the molecule is Cc1ncc(-c2ccc3nc(NC(=O)CCCCCCCOc4ncccc4C(=O)N[C@H](C(=O)N4C[C@H](O)C[C@H]4C(=O)NCc4ccc(-c5scnc5C)cc4)C(C)(C)C)sc3c2)cc1NC(=O)OC1CCCCC1. The van der Waals surface area contributed by atoms with Crippen molar-refractivity contribution in [1.29, 1.82) is 0 Å². The number of carbonyl (C=O) groups excluding carboxylic acids is 5. The number of unbranched alkanes of at least 4 members (excludes halogenated alkanes) is 4. The maximum absolute atomic E-state index is 14.3. The van der Waals surface area contributed by atoms with Crippen LogP contribution < -0.4 is 26.0 Å². The summed E-state index contributed by atoms with van der Waals surface area (Å²) in [6.45, 7) is 9.82. The predicted molar refractivity (Wildman–Crippen MR) is 292 cm³/mol. The van der Waals surface area contributed by atoms with Crippen LogP contribution in [0.25, 0.3) is 31.8 Å². The monoisotopic (exact) mass is 1060 g/mol. The number of ether oxygens (including phenoxy) is 2. The highest BCUT2D eigenvalue weighted by atomic mass is 32.1. The zero-order valence-corrected chi connectivity index (χ0v) is 44.9. The quantitative estimate of drug-likeness (QED) is 0.0450. The Morgan fingerprint density at radius 3 is 2.37 bits per heavy atom. The van der Waals surface area contributed by atoms with Crippen molar-refractivity contribution < 1.29 is 38.6 Å². The minimum Gasteiger partial charge on any atom is -0.477 e. The van der Waals surface area contributed by atoms with E-state index in [-0.39, 0.29) is 48.9 Å². The lowest BCUT2D eigenvalue weighted by Crippen LogP contribution is -2.57. The van der Waals surface area contributed by atoms with Gasteiger partial charge in [-0.1, -0.05) is 88.1 Å². The predicted octanol–water partition coefficient (Wildman–Crippen LogP) is 10.2. The molecule has 1 aliphatic carbocycles. The second-order valence-electron chi connectivity index (χ2n) is 20.5. The van der Waals surface area contributed by atoms with Gasteiger partial charge >= 0.3 is 6.09 Å². The Kier molecular flexibility index (Phi) is 18.2. The number of aryl methyl sites for hydroxylation is 2. The average Bonchev–Trinajstić information content (AvgIpc) is 4.13. The molecule has 1 saturated heterocycles. The second kappa shape index (κ2) is 25.1. The van der Waals surface area contributed by atoms with Crippen LogP contribution in [0.2, 0.25) is 0 Å². The fourth-order valence-corrected chi connectivity index (χ4v) is 11.1. The van der Waals surface area contributed by atoms with Gasteiger partial charge in [0.05, 0.1) is 50.4 Å². The van der Waals surface area contributed by atoms with E-state index >= 15 is 0 Å². The molecule has 396 valence electrons. The Morgan fingerprint density at radius 1 is 0.853 bits per heavy atom. The molecule has 0 radical (unpaired) electrons. The number of hydrogen-bond acceptors (Lipinski definition) is 14. The van der Waals surface area contributed by atoms with Crippen LogP contribution in [0.1, 0.15) is 125 Å². The Balaban J connectivity index is 0.757. The number of rotatable bonds is 20. The number of carbonyl (C=O) groups is 5. The van der Waals surface area contributed by atoms with Gasteiger partial charge in [0, 0.05) is 43.9 Å². The molecule has 1 aliphatic heterocycles. The van der Waals surface area contributed by atoms with Gasteiger partial charge in [-0.25, -0.2) is 19.7 Å². The molecule has 2 aromatic carbocycles. The van der Waals surface area contributed by atoms with Crippen LogP contribution in [0, 0.1) is 19.3 Å². The fourth-order valence-electron chi connectivity index (χ4n) is 9.39. The third-order valence-corrected chi connectivity index (χ3v) is 15.5. The number of nitrogens with one attached hydrogen (secondary N) is 4. The number of fused-ring (bicyclic) bond motifs is 1. The molecule has 3 atom stereocenters. The van der Waals surface area contributed by atoms with Crippen molar-refractivity contribution in [3.8, 4) is 27.4 Å². The van der Waals surface area contributed by atoms with Gasteiger partial charge < -0.3 is 35.4 Å². The van der Waals surface area contributed by atoms with E-state index in [9.17, 15) is 29.1 Å². The molecule has 6 aromatic rings. The number of β-amino-alcohol motifs (C(OH)–C–C–N with tert-alkyl or cyclic N) is 1. The highest BCUT2D eigenvalue weighted by Crippen LogP contribution is 2.33. The van der Waals surface area contributed by atoms with Gasteiger partial charge in [-0.15, -0.1) is 11.3 Å². The van der Waals surface area contributed by atoms with Gasteiger partial charge in [0.1, 0.15) is 23.8 Å². The first-order chi connectivity index (χ1) is 36.1. The maximum Gasteiger partial charge on any atom is 0.411 e. The maximum atomic E-state index is 14.3. The van der Waals surface area contributed by atoms with Gasteiger partial charge in [-0.2, -0.15) is 0 Å². The van der Waals surface area contributed by atoms with E-state index in [1.165, 1.54) is 28.9 Å². The first kappa shape index (κ1) is 54.4. The lowest BCUT2D eigenvalue weighted by Gasteiger charge is -2.35. The van der Waals surface area contributed by atoms with Gasteiger partial charge in [-0.3, -0.25) is 29.5 Å². The second-order valence-corrected chi connectivity index (χ2v) is 22.4. The minimum atomic E-state index is -1.04. The first-order valence-corrected chi connectivity index (χ1v) is 27.6. The molecule has 0 spiro atoms. The molecule has 8 rings (SSSR count). The van der Waals surface area contributed by atoms with E-state index < -0.39 is 41.5 Å². The fraction of sp³-hybridized carbons (Fsp3) is 0.446. The van der Waals surface area contributed by atoms with Gasteiger partial charge in [-0.05, 0) is 105 Å². The third kappa shape index (κ3) is 14.5. The van der Waals surface area contributed by atoms with Crippen molar-refractivity contribution >= 4 is 73.4 Å². The summed E-state index contributed by atoms with van der Waals surface area (Å²) >= 11 is 2.97. The van der Waals surface area contributed by atoms with E-state index in [0.29, 0.717) is 42.4 Å². The molecule has 4 aromatic heterocycles. The number of thiazole rings is 2. The molecule has 0 unspecified atom stereocenters. The summed E-state index contributed by atoms with van der Waals surface area (Å²) in [5, 5.41) is 22.9. The number of anilines is 2. The zero-order chi connectivity index (χ0) is 53.1. The molecule has 5 N–H and O–H groups in total. The number of aliphatic hydroxyl groups excluding tert-OH is 1. The molecule has 0 bridgehead atoms. The Morgan fingerprint density at radius 2 is 1.61 bits per heavy atom. The largest absolute Gasteiger partial charge is 0.477 e. The first-order valence-electron chi connectivity index (χ1n) is 25.9. The number of hydrogen-bond donors (Lipinski definition) is 5. The normalized spacial score (nSPS) is 16.3. The molecule has 1 saturated carbocycles. The average molecular weight is 1060 g/mol. The number of pyridine rings is 2. The molecular weight excluding hydrogens is 991 g/mol. The molecule has 5 heterocycles. The lowest BCUT2D eigenvalue weighted by atomic mass is 9.85. The summed E-state index contributed by atoms with van der Waals surface area (Å²) in [5.74, 6) is -1.36. The summed E-state index contributed by atoms with van der Waals surface area (Å²) in [6, 6.07) is 16.9. The summed E-state index contributed by atoms with van der Waals surface area (Å²) in [6.07, 6.45) is 11.4. The van der Waals surface area contributed by atoms with Crippen molar-refractivity contribution in [1.82, 2.24) is 35.5 Å². The van der Waals surface area contributed by atoms with Crippen LogP contribution >= 0.6 is 22.7 Å². The standard InChI is InChI=1S/C56H67N9O8S2/c1-34-44(62-55(71)73-41-15-10-9-11-16-41)27-39(31-58-34)38-23-24-43-46(28-38)75-54(61-43)63-47(67)18-12-7-6-8-13-26-72-52-42(17-14-25-57-52)50(68)64-49(56(3,4)5)53(70)65-32-40(66)29-45(65)51(69)59-30-36-19-21-37(22-20-36)48-35(2)60-33-74-48/h14,17,19-25,27-28,31,33,40-41,45,49,66H,6-13,15-16,18,26,29-30,32H2,1-5H3,(H,59,69)(H,62,71)(H,64,68)(H,61,63,67)/t40-,45+,49-/m1/s1. The van der Waals surface area contributed by atoms with E-state index in [4.69, 9.17) is 9.47 Å². The van der Waals surface area contributed by atoms with E-state index in [2.05, 4.69) is 41.2 Å². The Labute approximate surface area is 445 Å². The molecule has 19 heteroatoms. The highest BCUT2D eigenvalue weighted by Gasteiger charge is 2.44. The third-order valence-electron chi connectivity index (χ3n) is 13.6. The number of aliphatic hydroxyl groups is 1. The number of amides is 5. The van der Waals surface area contributed by atoms with Crippen molar-refractivity contribution in [2.24, 2.45) is 5.41 Å². The number of aromatic nitrogens is 4. The van der Waals surface area contributed by atoms with Crippen molar-refractivity contribution in [3.63, 3.8) is 0 Å². The molecular formula is C56H67N9O8S2. The van der Waals surface area contributed by atoms with Crippen LogP contribution in [0.15, 0.2) is 78.6 Å². The summed E-state index contributed by atoms with van der Waals surface area (Å²) in [7, 11) is 0. The molecule has 2 aliphatic rings. The van der Waals surface area contributed by atoms with E-state index in [1.807, 2.05) is 88.7 Å². The highest BCUT2D eigenvalue weighted by molar-refractivity contribution is 7.22. The molecule has 5 amide bonds. The number of benzene rings is 2. The van der Waals surface area contributed by atoms with Crippen molar-refractivity contribution in [2.75, 3.05) is 23.8 Å². The summed E-state index contributed by atoms with van der Waals surface area (Å²) < 4.78 is 12.6. The summed E-state index contributed by atoms with van der Waals surface area (Å²) in [4.78, 5) is 87.6. The van der Waals surface area contributed by atoms with E-state index in [0.717, 1.165) is 88.0 Å². The Bertz CT molecular complexity index is 2970. The topological polar surface area (TPSA) is 227 Å². The number of nitrogens with zero attached hydrogens (tertiary/aromatic N) is 5. The van der Waals surface area contributed by atoms with Gasteiger partial charge in [0.15, 0.2) is 5.13 Å². The van der Waals surface area contributed by atoms with Crippen molar-refractivity contribution in [3.05, 3.63) is 101 Å². The lowest BCUT2D eigenvalue weighted by molar-refractivity contribution is -0.142. The Hall–Kier alpha value is -6.83. The molecule has 75 heavy (non-hydrogen) atoms. The van der Waals surface area contributed by atoms with Gasteiger partial charge in [0.2, 0.25) is 23.6 Å². The summed E-state index contributed by atoms with van der Waals surface area (Å²) in [5.41, 5.74) is 7.91. The smallest absolute Gasteiger partial charge is 0.411 e. The molecule has 2 fully saturated rings.